The molecule has 0 unspecified atom stereocenters. The summed E-state index contributed by atoms with van der Waals surface area (Å²) >= 11 is 0. The number of hydrogen-bond acceptors (Lipinski definition) is 7. The molecule has 0 heterocycles. The maximum Gasteiger partial charge on any atom is 0.294 e. The van der Waals surface area contributed by atoms with Crippen molar-refractivity contribution in [3.8, 4) is 5.75 Å². The van der Waals surface area contributed by atoms with Crippen LogP contribution in [0.5, 0.6) is 5.75 Å². The molecule has 0 aliphatic rings. The number of nitrogens with one attached hydrogen (secondary N) is 2. The first-order valence-electron chi connectivity index (χ1n) is 6.78. The Morgan fingerprint density at radius 2 is 1.52 bits per heavy atom. The largest absolute Gasteiger partial charge is 0.494 e. The van der Waals surface area contributed by atoms with Crippen molar-refractivity contribution in [2.75, 3.05) is 18.0 Å². The highest BCUT2D eigenvalue weighted by Crippen LogP contribution is 2.30. The molecule has 0 bridgehead atoms. The van der Waals surface area contributed by atoms with E-state index >= 15 is 0 Å². The maximum absolute atomic E-state index is 11.3. The van der Waals surface area contributed by atoms with Crippen molar-refractivity contribution in [2.45, 2.75) is 16.7 Å². The SMILES string of the molecule is COc1cc(S(=O)(=O)O)c(C)cc1NNc1ccc(S(=O)(=O)O)cc1. The van der Waals surface area contributed by atoms with Crippen LogP contribution in [0.15, 0.2) is 46.2 Å². The first-order chi connectivity index (χ1) is 11.5. The molecule has 0 amide bonds. The lowest BCUT2D eigenvalue weighted by Gasteiger charge is -2.15. The second kappa shape index (κ2) is 6.88. The molecule has 0 aromatic heterocycles. The van der Waals surface area contributed by atoms with Crippen molar-refractivity contribution in [2.24, 2.45) is 0 Å². The van der Waals surface area contributed by atoms with E-state index in [1.165, 1.54) is 50.4 Å². The average molecular weight is 388 g/mol. The minimum absolute atomic E-state index is 0.167. The zero-order valence-corrected chi connectivity index (χ0v) is 14.8. The van der Waals surface area contributed by atoms with Crippen LogP contribution in [0.2, 0.25) is 0 Å². The third-order valence-corrected chi connectivity index (χ3v) is 5.13. The van der Waals surface area contributed by atoms with Crippen molar-refractivity contribution >= 4 is 31.6 Å². The molecule has 0 spiro atoms. The normalized spacial score (nSPS) is 11.8. The molecule has 2 aromatic rings. The summed E-state index contributed by atoms with van der Waals surface area (Å²) < 4.78 is 67.8. The van der Waals surface area contributed by atoms with E-state index in [2.05, 4.69) is 10.9 Å². The summed E-state index contributed by atoms with van der Waals surface area (Å²) in [7, 11) is -7.31. The third kappa shape index (κ3) is 4.60. The first-order valence-corrected chi connectivity index (χ1v) is 9.66. The quantitative estimate of drug-likeness (QED) is 0.431. The third-order valence-electron chi connectivity index (χ3n) is 3.27. The Kier molecular flexibility index (Phi) is 5.23. The Labute approximate surface area is 145 Å². The first kappa shape index (κ1) is 19.0. The summed E-state index contributed by atoms with van der Waals surface area (Å²) in [5, 5.41) is 0. The van der Waals surface area contributed by atoms with E-state index in [4.69, 9.17) is 9.29 Å². The Morgan fingerprint density at radius 1 is 0.920 bits per heavy atom. The van der Waals surface area contributed by atoms with Gasteiger partial charge in [-0.15, -0.1) is 0 Å². The van der Waals surface area contributed by atoms with Gasteiger partial charge in [0, 0.05) is 6.07 Å². The summed E-state index contributed by atoms with van der Waals surface area (Å²) in [4.78, 5) is -0.517. The number of anilines is 2. The molecule has 0 fully saturated rings. The van der Waals surface area contributed by atoms with Gasteiger partial charge in [0.1, 0.15) is 10.6 Å². The second-order valence-corrected chi connectivity index (χ2v) is 7.85. The van der Waals surface area contributed by atoms with Crippen LogP contribution in [0.25, 0.3) is 0 Å². The maximum atomic E-state index is 11.3. The topological polar surface area (TPSA) is 142 Å². The van der Waals surface area contributed by atoms with Crippen LogP contribution in [0.1, 0.15) is 5.56 Å². The smallest absolute Gasteiger partial charge is 0.294 e. The summed E-state index contributed by atoms with van der Waals surface area (Å²) in [5.41, 5.74) is 6.75. The molecule has 136 valence electrons. The number of hydrogen-bond donors (Lipinski definition) is 4. The van der Waals surface area contributed by atoms with Gasteiger partial charge >= 0.3 is 0 Å². The number of methoxy groups -OCH3 is 1. The van der Waals surface area contributed by atoms with Gasteiger partial charge in [-0.3, -0.25) is 14.5 Å². The van der Waals surface area contributed by atoms with Gasteiger partial charge < -0.3 is 10.2 Å². The number of rotatable bonds is 6. The standard InChI is InChI=1S/C14H16N2O7S2/c1-9-7-12(13(23-2)8-14(9)25(20,21)22)16-15-10-3-5-11(6-4-10)24(17,18)19/h3-8,15-16H,1-2H3,(H,17,18,19)(H,20,21,22). The Morgan fingerprint density at radius 3 is 2.00 bits per heavy atom. The molecule has 0 aliphatic heterocycles. The van der Waals surface area contributed by atoms with Gasteiger partial charge in [0.2, 0.25) is 0 Å². The van der Waals surface area contributed by atoms with Gasteiger partial charge in [-0.2, -0.15) is 16.8 Å². The molecule has 0 radical (unpaired) electrons. The Balaban J connectivity index is 2.25. The average Bonchev–Trinajstić information content (AvgIpc) is 2.51. The van der Waals surface area contributed by atoms with Crippen LogP contribution in [-0.4, -0.2) is 33.1 Å². The molecule has 2 rings (SSSR count). The Bertz CT molecular complexity index is 985. The van der Waals surface area contributed by atoms with Crippen LogP contribution in [-0.2, 0) is 20.2 Å². The molecule has 2 aromatic carbocycles. The predicted octanol–water partition coefficient (Wildman–Crippen LogP) is 1.94. The van der Waals surface area contributed by atoms with E-state index < -0.39 is 20.2 Å². The molecular weight excluding hydrogens is 372 g/mol. The van der Waals surface area contributed by atoms with Gasteiger partial charge in [-0.05, 0) is 42.8 Å². The van der Waals surface area contributed by atoms with Gasteiger partial charge in [0.25, 0.3) is 20.2 Å². The molecule has 4 N–H and O–H groups in total. The van der Waals surface area contributed by atoms with Gasteiger partial charge in [-0.25, -0.2) is 0 Å². The lowest BCUT2D eigenvalue weighted by Crippen LogP contribution is -2.11. The van der Waals surface area contributed by atoms with Crippen molar-refractivity contribution in [1.29, 1.82) is 0 Å². The van der Waals surface area contributed by atoms with E-state index in [-0.39, 0.29) is 15.5 Å². The molecule has 9 nitrogen and oxygen atoms in total. The zero-order chi connectivity index (χ0) is 18.8. The van der Waals surface area contributed by atoms with Gasteiger partial charge in [-0.1, -0.05) is 0 Å². The molecule has 11 heteroatoms. The number of ether oxygens (including phenoxy) is 1. The predicted molar refractivity (Wildman–Crippen MR) is 91.0 cm³/mol. The molecule has 0 saturated carbocycles. The van der Waals surface area contributed by atoms with Crippen molar-refractivity contribution in [3.05, 3.63) is 42.0 Å². The van der Waals surface area contributed by atoms with Crippen molar-refractivity contribution in [3.63, 3.8) is 0 Å². The minimum Gasteiger partial charge on any atom is -0.494 e. The van der Waals surface area contributed by atoms with E-state index in [1.807, 2.05) is 0 Å². The van der Waals surface area contributed by atoms with E-state index in [0.717, 1.165) is 0 Å². The number of benzene rings is 2. The summed E-state index contributed by atoms with van der Waals surface area (Å²) in [6.45, 7) is 1.51. The van der Waals surface area contributed by atoms with Crippen LogP contribution < -0.4 is 15.6 Å². The highest BCUT2D eigenvalue weighted by atomic mass is 32.2. The molecular formula is C14H16N2O7S2. The van der Waals surface area contributed by atoms with Crippen molar-refractivity contribution in [1.82, 2.24) is 0 Å². The van der Waals surface area contributed by atoms with Crippen LogP contribution in [0.3, 0.4) is 0 Å². The number of hydrazine groups is 1. The molecule has 0 atom stereocenters. The van der Waals surface area contributed by atoms with Crippen LogP contribution in [0, 0.1) is 6.92 Å². The summed E-state index contributed by atoms with van der Waals surface area (Å²) in [6.07, 6.45) is 0. The fourth-order valence-electron chi connectivity index (χ4n) is 2.06. The van der Waals surface area contributed by atoms with Crippen molar-refractivity contribution < 1.29 is 30.7 Å². The monoisotopic (exact) mass is 388 g/mol. The van der Waals surface area contributed by atoms with E-state index in [0.29, 0.717) is 16.9 Å². The lowest BCUT2D eigenvalue weighted by molar-refractivity contribution is 0.414. The minimum atomic E-state index is -4.38. The van der Waals surface area contributed by atoms with Gasteiger partial charge in [0.05, 0.1) is 23.4 Å². The fourth-order valence-corrected chi connectivity index (χ4v) is 3.27. The molecule has 25 heavy (non-hydrogen) atoms. The summed E-state index contributed by atoms with van der Waals surface area (Å²) in [5.74, 6) is 0.167. The fraction of sp³-hybridized carbons (Fsp3) is 0.143. The molecule has 0 aliphatic carbocycles. The van der Waals surface area contributed by atoms with E-state index in [1.54, 1.807) is 0 Å². The van der Waals surface area contributed by atoms with E-state index in [9.17, 15) is 21.4 Å². The highest BCUT2D eigenvalue weighted by molar-refractivity contribution is 7.86. The lowest BCUT2D eigenvalue weighted by atomic mass is 10.2. The number of aryl methyl sites for hydroxylation is 1. The van der Waals surface area contributed by atoms with Gasteiger partial charge in [0.15, 0.2) is 0 Å². The Hall–Kier alpha value is -2.34. The second-order valence-electron chi connectivity index (χ2n) is 5.04. The summed E-state index contributed by atoms with van der Waals surface area (Å²) in [6, 6.07) is 7.90. The molecule has 0 saturated heterocycles. The van der Waals surface area contributed by atoms with Crippen LogP contribution >= 0.6 is 0 Å². The zero-order valence-electron chi connectivity index (χ0n) is 13.2. The highest BCUT2D eigenvalue weighted by Gasteiger charge is 2.17. The van der Waals surface area contributed by atoms with Crippen LogP contribution in [0.4, 0.5) is 11.4 Å².